The molecular weight excluding hydrogens is 411 g/mol. The molecule has 9 heteroatoms. The van der Waals surface area contributed by atoms with E-state index in [-0.39, 0.29) is 30.6 Å². The van der Waals surface area contributed by atoms with Crippen molar-refractivity contribution in [2.45, 2.75) is 39.1 Å². The highest BCUT2D eigenvalue weighted by atomic mass is 19.1. The lowest BCUT2D eigenvalue weighted by Crippen LogP contribution is -2.45. The topological polar surface area (TPSA) is 84.3 Å². The van der Waals surface area contributed by atoms with Gasteiger partial charge in [0, 0.05) is 44.8 Å². The van der Waals surface area contributed by atoms with Crippen LogP contribution in [0.25, 0.3) is 5.82 Å². The van der Waals surface area contributed by atoms with Gasteiger partial charge in [0.2, 0.25) is 0 Å². The first-order valence-corrected chi connectivity index (χ1v) is 10.6. The maximum atomic E-state index is 14.7. The van der Waals surface area contributed by atoms with Gasteiger partial charge in [-0.3, -0.25) is 0 Å². The van der Waals surface area contributed by atoms with E-state index in [4.69, 9.17) is 4.74 Å². The average molecular weight is 439 g/mol. The standard InChI is InChI=1S/C23H27FN6O2/c1-16-14-29(15-17(2)32-16)21-5-4-18(10-20(21)24)12-26-23(31)27-13-19-6-8-25-22(11-19)30-9-3-7-28-30/h3-11,16-17H,12-15H2,1-2H3,(H2,26,27,31). The average Bonchev–Trinajstić information content (AvgIpc) is 3.31. The lowest BCUT2D eigenvalue weighted by molar-refractivity contribution is -0.00539. The summed E-state index contributed by atoms with van der Waals surface area (Å²) in [6.45, 7) is 5.84. The van der Waals surface area contributed by atoms with Crippen molar-refractivity contribution in [3.8, 4) is 5.82 Å². The SMILES string of the molecule is CC1CN(c2ccc(CNC(=O)NCc3ccnc(-n4cccn4)c3)cc2F)CC(C)O1. The molecule has 3 aromatic rings. The minimum absolute atomic E-state index is 0.0548. The number of urea groups is 1. The number of pyridine rings is 1. The van der Waals surface area contributed by atoms with Crippen molar-refractivity contribution in [1.82, 2.24) is 25.4 Å². The number of halogens is 1. The molecule has 168 valence electrons. The number of benzene rings is 1. The zero-order valence-electron chi connectivity index (χ0n) is 18.2. The lowest BCUT2D eigenvalue weighted by atomic mass is 10.1. The fourth-order valence-electron chi connectivity index (χ4n) is 3.82. The molecule has 1 fully saturated rings. The molecule has 4 rings (SSSR count). The number of carbonyl (C=O) groups is 1. The Balaban J connectivity index is 1.29. The van der Waals surface area contributed by atoms with Crippen LogP contribution in [-0.4, -0.2) is 46.1 Å². The van der Waals surface area contributed by atoms with E-state index < -0.39 is 0 Å². The van der Waals surface area contributed by atoms with Crippen molar-refractivity contribution in [3.05, 3.63) is 71.9 Å². The number of carbonyl (C=O) groups excluding carboxylic acids is 1. The predicted molar refractivity (Wildman–Crippen MR) is 119 cm³/mol. The van der Waals surface area contributed by atoms with Crippen molar-refractivity contribution in [1.29, 1.82) is 0 Å². The van der Waals surface area contributed by atoms with Gasteiger partial charge in [0.05, 0.1) is 17.9 Å². The maximum absolute atomic E-state index is 14.7. The molecule has 3 heterocycles. The van der Waals surface area contributed by atoms with Gasteiger partial charge < -0.3 is 20.3 Å². The molecule has 8 nitrogen and oxygen atoms in total. The van der Waals surface area contributed by atoms with Crippen LogP contribution in [0.4, 0.5) is 14.9 Å². The van der Waals surface area contributed by atoms with Crippen LogP contribution in [0.2, 0.25) is 0 Å². The van der Waals surface area contributed by atoms with Crippen LogP contribution < -0.4 is 15.5 Å². The number of nitrogens with one attached hydrogen (secondary N) is 2. The molecule has 1 aliphatic rings. The zero-order valence-corrected chi connectivity index (χ0v) is 18.2. The van der Waals surface area contributed by atoms with Crippen LogP contribution in [0.5, 0.6) is 0 Å². The van der Waals surface area contributed by atoms with E-state index in [1.165, 1.54) is 6.07 Å². The quantitative estimate of drug-likeness (QED) is 0.618. The molecule has 1 saturated heterocycles. The monoisotopic (exact) mass is 438 g/mol. The van der Waals surface area contributed by atoms with Crippen molar-refractivity contribution < 1.29 is 13.9 Å². The van der Waals surface area contributed by atoms with E-state index >= 15 is 0 Å². The van der Waals surface area contributed by atoms with Gasteiger partial charge >= 0.3 is 6.03 Å². The molecule has 32 heavy (non-hydrogen) atoms. The summed E-state index contributed by atoms with van der Waals surface area (Å²) in [4.78, 5) is 18.5. The Labute approximate surface area is 186 Å². The smallest absolute Gasteiger partial charge is 0.315 e. The Morgan fingerprint density at radius 2 is 1.81 bits per heavy atom. The highest BCUT2D eigenvalue weighted by molar-refractivity contribution is 5.73. The van der Waals surface area contributed by atoms with E-state index in [0.717, 1.165) is 5.56 Å². The molecule has 2 aromatic heterocycles. The van der Waals surface area contributed by atoms with Gasteiger partial charge in [0.15, 0.2) is 5.82 Å². The maximum Gasteiger partial charge on any atom is 0.315 e. The Morgan fingerprint density at radius 3 is 2.47 bits per heavy atom. The van der Waals surface area contributed by atoms with E-state index in [2.05, 4.69) is 20.7 Å². The van der Waals surface area contributed by atoms with Crippen LogP contribution >= 0.6 is 0 Å². The second-order valence-corrected chi connectivity index (χ2v) is 7.96. The molecule has 2 N–H and O–H groups in total. The molecule has 0 radical (unpaired) electrons. The minimum Gasteiger partial charge on any atom is -0.372 e. The van der Waals surface area contributed by atoms with Gasteiger partial charge in [0.25, 0.3) is 0 Å². The van der Waals surface area contributed by atoms with E-state index in [9.17, 15) is 9.18 Å². The number of anilines is 1. The van der Waals surface area contributed by atoms with Crippen molar-refractivity contribution >= 4 is 11.7 Å². The Morgan fingerprint density at radius 1 is 1.09 bits per heavy atom. The summed E-state index contributed by atoms with van der Waals surface area (Å²) in [5, 5.41) is 9.72. The largest absolute Gasteiger partial charge is 0.372 e. The number of aromatic nitrogens is 3. The fraction of sp³-hybridized carbons (Fsp3) is 0.348. The van der Waals surface area contributed by atoms with Crippen molar-refractivity contribution in [2.75, 3.05) is 18.0 Å². The van der Waals surface area contributed by atoms with E-state index in [0.29, 0.717) is 36.7 Å². The third-order valence-corrected chi connectivity index (χ3v) is 5.23. The predicted octanol–water partition coefficient (Wildman–Crippen LogP) is 3.02. The Kier molecular flexibility index (Phi) is 6.65. The van der Waals surface area contributed by atoms with Gasteiger partial charge in [-0.1, -0.05) is 6.07 Å². The zero-order chi connectivity index (χ0) is 22.5. The van der Waals surface area contributed by atoms with Gasteiger partial charge in [-0.15, -0.1) is 0 Å². The molecule has 0 spiro atoms. The number of morpholine rings is 1. The second-order valence-electron chi connectivity index (χ2n) is 7.96. The minimum atomic E-state index is -0.331. The van der Waals surface area contributed by atoms with Crippen molar-refractivity contribution in [3.63, 3.8) is 0 Å². The molecule has 1 aromatic carbocycles. The molecule has 2 unspecified atom stereocenters. The molecule has 1 aliphatic heterocycles. The van der Waals surface area contributed by atoms with Gasteiger partial charge in [-0.25, -0.2) is 18.9 Å². The number of rotatable bonds is 6. The first-order chi connectivity index (χ1) is 15.5. The van der Waals surface area contributed by atoms with Crippen LogP contribution in [0.1, 0.15) is 25.0 Å². The summed E-state index contributed by atoms with van der Waals surface area (Å²) in [5.74, 6) is 0.378. The highest BCUT2D eigenvalue weighted by Gasteiger charge is 2.24. The molecule has 0 saturated carbocycles. The number of hydrogen-bond acceptors (Lipinski definition) is 5. The van der Waals surface area contributed by atoms with Crippen LogP contribution in [0.3, 0.4) is 0 Å². The van der Waals surface area contributed by atoms with Crippen LogP contribution in [0.15, 0.2) is 55.0 Å². The fourth-order valence-corrected chi connectivity index (χ4v) is 3.82. The van der Waals surface area contributed by atoms with E-state index in [1.54, 1.807) is 29.3 Å². The molecule has 2 atom stereocenters. The molecule has 0 aliphatic carbocycles. The van der Waals surface area contributed by atoms with Crippen LogP contribution in [-0.2, 0) is 17.8 Å². The number of nitrogens with zero attached hydrogens (tertiary/aromatic N) is 4. The summed E-state index contributed by atoms with van der Waals surface area (Å²) in [6.07, 6.45) is 5.26. The summed E-state index contributed by atoms with van der Waals surface area (Å²) in [7, 11) is 0. The summed E-state index contributed by atoms with van der Waals surface area (Å²) in [5.41, 5.74) is 2.15. The highest BCUT2D eigenvalue weighted by Crippen LogP contribution is 2.24. The Hall–Kier alpha value is -3.46. The first-order valence-electron chi connectivity index (χ1n) is 10.6. The van der Waals surface area contributed by atoms with E-state index in [1.807, 2.05) is 43.0 Å². The lowest BCUT2D eigenvalue weighted by Gasteiger charge is -2.37. The molecular formula is C23H27FN6O2. The number of amides is 2. The van der Waals surface area contributed by atoms with Crippen molar-refractivity contribution in [2.24, 2.45) is 0 Å². The van der Waals surface area contributed by atoms with Gasteiger partial charge in [-0.05, 0) is 55.3 Å². The number of ether oxygens (including phenoxy) is 1. The third kappa shape index (κ3) is 5.42. The van der Waals surface area contributed by atoms with Crippen LogP contribution in [0, 0.1) is 5.82 Å². The summed E-state index contributed by atoms with van der Waals surface area (Å²) < 4.78 is 22.1. The summed E-state index contributed by atoms with van der Waals surface area (Å²) in [6, 6.07) is 10.2. The first kappa shape index (κ1) is 21.8. The van der Waals surface area contributed by atoms with Gasteiger partial charge in [0.1, 0.15) is 5.82 Å². The number of hydrogen-bond donors (Lipinski definition) is 2. The Bertz CT molecular complexity index is 1050. The van der Waals surface area contributed by atoms with Gasteiger partial charge in [-0.2, -0.15) is 5.10 Å². The normalized spacial score (nSPS) is 18.4. The second kappa shape index (κ2) is 9.78. The molecule has 2 amide bonds. The molecule has 0 bridgehead atoms. The third-order valence-electron chi connectivity index (χ3n) is 5.23. The summed E-state index contributed by atoms with van der Waals surface area (Å²) >= 11 is 0.